The molecule has 0 N–H and O–H groups in total. The number of ether oxygens (including phenoxy) is 6. The van der Waals surface area contributed by atoms with E-state index in [9.17, 15) is 9.59 Å². The van der Waals surface area contributed by atoms with Crippen LogP contribution in [0.4, 0.5) is 0 Å². The average Bonchev–Trinajstić information content (AvgIpc) is 3.10. The summed E-state index contributed by atoms with van der Waals surface area (Å²) in [5.41, 5.74) is 2.87. The Morgan fingerprint density at radius 2 is 1.06 bits per heavy atom. The van der Waals surface area contributed by atoms with Crippen molar-refractivity contribution in [3.8, 4) is 28.7 Å². The van der Waals surface area contributed by atoms with Crippen LogP contribution >= 0.6 is 0 Å². The molecule has 0 aliphatic rings. The van der Waals surface area contributed by atoms with Crippen LogP contribution in [-0.2, 0) is 19.3 Å². The summed E-state index contributed by atoms with van der Waals surface area (Å²) in [5, 5.41) is 0. The van der Waals surface area contributed by atoms with E-state index in [1.54, 1.807) is 48.5 Å². The number of hydrogen-bond acceptors (Lipinski definition) is 10. The minimum absolute atomic E-state index is 0.00928. The highest BCUT2D eigenvalue weighted by atomic mass is 17.2. The Morgan fingerprint density at radius 1 is 0.596 bits per heavy atom. The van der Waals surface area contributed by atoms with Gasteiger partial charge in [-0.1, -0.05) is 18.9 Å². The van der Waals surface area contributed by atoms with Crippen LogP contribution in [0.2, 0.25) is 0 Å². The third-order valence-electron chi connectivity index (χ3n) is 6.46. The van der Waals surface area contributed by atoms with Crippen molar-refractivity contribution in [3.05, 3.63) is 110 Å². The van der Waals surface area contributed by atoms with Gasteiger partial charge in [0.1, 0.15) is 28.7 Å². The second kappa shape index (κ2) is 22.3. The van der Waals surface area contributed by atoms with Crippen LogP contribution in [0.15, 0.2) is 104 Å². The fraction of sp³-hybridized carbons (Fsp3) is 0.324. The first-order valence-electron chi connectivity index (χ1n) is 15.5. The normalized spacial score (nSPS) is 10.2. The Hall–Kier alpha value is -5.18. The van der Waals surface area contributed by atoms with Crippen molar-refractivity contribution >= 4 is 11.9 Å². The SMILES string of the molecule is C=C=COOCCCCCOc1ccc(OCOc2ccc(OC(=O)c3ccc(OCCCCCCOC(=O)C=C)cc3)cc2)cc1. The highest BCUT2D eigenvalue weighted by Gasteiger charge is 2.09. The van der Waals surface area contributed by atoms with Crippen LogP contribution in [0, 0.1) is 0 Å². The van der Waals surface area contributed by atoms with E-state index >= 15 is 0 Å². The molecule has 0 aliphatic carbocycles. The molecule has 10 nitrogen and oxygen atoms in total. The number of hydrogen-bond donors (Lipinski definition) is 0. The molecule has 0 spiro atoms. The molecule has 0 atom stereocenters. The van der Waals surface area contributed by atoms with E-state index in [1.165, 1.54) is 6.26 Å². The van der Waals surface area contributed by atoms with Crippen molar-refractivity contribution in [3.63, 3.8) is 0 Å². The van der Waals surface area contributed by atoms with E-state index in [0.29, 0.717) is 55.0 Å². The maximum atomic E-state index is 12.6. The smallest absolute Gasteiger partial charge is 0.343 e. The molecule has 0 bridgehead atoms. The summed E-state index contributed by atoms with van der Waals surface area (Å²) in [6.07, 6.45) is 8.73. The van der Waals surface area contributed by atoms with Crippen LogP contribution in [0.1, 0.15) is 55.3 Å². The Balaban J connectivity index is 1.26. The van der Waals surface area contributed by atoms with E-state index in [0.717, 1.165) is 56.8 Å². The molecule has 3 aromatic rings. The van der Waals surface area contributed by atoms with Crippen molar-refractivity contribution in [1.82, 2.24) is 0 Å². The third kappa shape index (κ3) is 15.6. The lowest BCUT2D eigenvalue weighted by atomic mass is 10.2. The third-order valence-corrected chi connectivity index (χ3v) is 6.46. The number of rotatable bonds is 24. The first-order valence-corrected chi connectivity index (χ1v) is 15.5. The summed E-state index contributed by atoms with van der Waals surface area (Å²) >= 11 is 0. The lowest BCUT2D eigenvalue weighted by Crippen LogP contribution is -2.09. The van der Waals surface area contributed by atoms with Crippen molar-refractivity contribution in [2.75, 3.05) is 33.2 Å². The molecule has 0 saturated carbocycles. The Labute approximate surface area is 276 Å². The highest BCUT2D eigenvalue weighted by molar-refractivity contribution is 5.91. The second-order valence-electron chi connectivity index (χ2n) is 10.0. The molecule has 0 amide bonds. The fourth-order valence-electron chi connectivity index (χ4n) is 3.98. The molecular weight excluding hydrogens is 604 g/mol. The quantitative estimate of drug-likeness (QED) is 0.0110. The summed E-state index contributed by atoms with van der Waals surface area (Å²) in [6, 6.07) is 20.8. The van der Waals surface area contributed by atoms with E-state index in [2.05, 4.69) is 18.9 Å². The van der Waals surface area contributed by atoms with Crippen LogP contribution < -0.4 is 23.7 Å². The fourth-order valence-corrected chi connectivity index (χ4v) is 3.98. The first kappa shape index (κ1) is 36.3. The zero-order valence-electron chi connectivity index (χ0n) is 26.6. The number of unbranched alkanes of at least 4 members (excludes halogenated alkanes) is 5. The summed E-state index contributed by atoms with van der Waals surface area (Å²) in [5.74, 6) is 2.16. The number of esters is 2. The van der Waals surface area contributed by atoms with Crippen LogP contribution in [0.25, 0.3) is 0 Å². The lowest BCUT2D eigenvalue weighted by Gasteiger charge is -2.11. The van der Waals surface area contributed by atoms with E-state index in [-0.39, 0.29) is 6.79 Å². The zero-order valence-corrected chi connectivity index (χ0v) is 26.6. The maximum absolute atomic E-state index is 12.6. The maximum Gasteiger partial charge on any atom is 0.343 e. The zero-order chi connectivity index (χ0) is 33.4. The topological polar surface area (TPSA) is 108 Å². The lowest BCUT2D eigenvalue weighted by molar-refractivity contribution is -0.248. The Morgan fingerprint density at radius 3 is 1.62 bits per heavy atom. The number of benzene rings is 3. The molecular formula is C37H42O10. The van der Waals surface area contributed by atoms with Crippen LogP contribution in [0.5, 0.6) is 28.7 Å². The van der Waals surface area contributed by atoms with Gasteiger partial charge >= 0.3 is 11.9 Å². The highest BCUT2D eigenvalue weighted by Crippen LogP contribution is 2.21. The molecule has 0 heterocycles. The molecule has 47 heavy (non-hydrogen) atoms. The van der Waals surface area contributed by atoms with Crippen molar-refractivity contribution in [2.24, 2.45) is 0 Å². The van der Waals surface area contributed by atoms with Gasteiger partial charge in [0, 0.05) is 6.08 Å². The Bertz CT molecular complexity index is 1380. The molecule has 0 aliphatic heterocycles. The first-order chi connectivity index (χ1) is 23.1. The molecule has 0 radical (unpaired) electrons. The van der Waals surface area contributed by atoms with Gasteiger partial charge in [-0.2, -0.15) is 4.89 Å². The van der Waals surface area contributed by atoms with Gasteiger partial charge in [0.15, 0.2) is 6.26 Å². The largest absolute Gasteiger partial charge is 0.494 e. The molecule has 3 aromatic carbocycles. The van der Waals surface area contributed by atoms with E-state index in [4.69, 9.17) is 38.2 Å². The molecule has 3 rings (SSSR count). The standard InChI is InChI=1S/C37H42O10/c1-3-24-45-46-28-11-7-10-26-41-32-16-18-33(19-17-32)43-29-44-34-20-22-35(23-21-34)47-37(39)30-12-14-31(15-13-30)40-25-8-5-6-9-27-42-36(38)4-2/h4,12-24H,1-2,5-11,25-29H2. The Kier molecular flexibility index (Phi) is 17.3. The summed E-state index contributed by atoms with van der Waals surface area (Å²) in [7, 11) is 0. The van der Waals surface area contributed by atoms with Gasteiger partial charge in [-0.3, -0.25) is 0 Å². The van der Waals surface area contributed by atoms with Gasteiger partial charge < -0.3 is 33.3 Å². The summed E-state index contributed by atoms with van der Waals surface area (Å²) in [4.78, 5) is 33.2. The summed E-state index contributed by atoms with van der Waals surface area (Å²) in [6.45, 7) is 8.81. The monoisotopic (exact) mass is 646 g/mol. The number of carbonyl (C=O) groups is 2. The second-order valence-corrected chi connectivity index (χ2v) is 10.0. The van der Waals surface area contributed by atoms with E-state index in [1.807, 2.05) is 24.3 Å². The van der Waals surface area contributed by atoms with Gasteiger partial charge in [0.25, 0.3) is 0 Å². The molecule has 0 saturated heterocycles. The van der Waals surface area contributed by atoms with Gasteiger partial charge in [-0.25, -0.2) is 9.59 Å². The molecule has 0 aromatic heterocycles. The van der Waals surface area contributed by atoms with Crippen molar-refractivity contribution in [2.45, 2.75) is 44.9 Å². The minimum Gasteiger partial charge on any atom is -0.494 e. The minimum atomic E-state index is -0.476. The van der Waals surface area contributed by atoms with Gasteiger partial charge in [0.2, 0.25) is 6.79 Å². The van der Waals surface area contributed by atoms with Crippen molar-refractivity contribution in [1.29, 1.82) is 0 Å². The van der Waals surface area contributed by atoms with Crippen molar-refractivity contribution < 1.29 is 47.8 Å². The predicted molar refractivity (Wildman–Crippen MR) is 176 cm³/mol. The average molecular weight is 647 g/mol. The molecule has 0 fully saturated rings. The van der Waals surface area contributed by atoms with Gasteiger partial charge in [-0.15, -0.1) is 0 Å². The van der Waals surface area contributed by atoms with Gasteiger partial charge in [-0.05, 0) is 118 Å². The molecule has 250 valence electrons. The molecule has 10 heteroatoms. The summed E-state index contributed by atoms with van der Waals surface area (Å²) < 4.78 is 33.2. The number of carbonyl (C=O) groups excluding carboxylic acids is 2. The van der Waals surface area contributed by atoms with Crippen LogP contribution in [-0.4, -0.2) is 45.2 Å². The predicted octanol–water partition coefficient (Wildman–Crippen LogP) is 7.79. The van der Waals surface area contributed by atoms with E-state index < -0.39 is 11.9 Å². The van der Waals surface area contributed by atoms with Gasteiger partial charge in [0.05, 0.1) is 32.0 Å². The molecule has 0 unspecified atom stereocenters. The van der Waals surface area contributed by atoms with Crippen LogP contribution in [0.3, 0.4) is 0 Å².